The standard InChI is InChI=1S/C14H12BrFO2/c1-18-11-5-6-12(13(15)8-11)14(17)9-3-2-4-10(16)7-9/h2-8,14,17H,1H3. The zero-order valence-corrected chi connectivity index (χ0v) is 11.3. The van der Waals surface area contributed by atoms with Gasteiger partial charge in [-0.05, 0) is 35.4 Å². The minimum atomic E-state index is -0.874. The second-order valence-corrected chi connectivity index (χ2v) is 4.70. The van der Waals surface area contributed by atoms with Crippen molar-refractivity contribution in [2.45, 2.75) is 6.10 Å². The van der Waals surface area contributed by atoms with Crippen molar-refractivity contribution in [2.75, 3.05) is 7.11 Å². The predicted molar refractivity (Wildman–Crippen MR) is 71.2 cm³/mol. The number of methoxy groups -OCH3 is 1. The van der Waals surface area contributed by atoms with Gasteiger partial charge in [0.25, 0.3) is 0 Å². The van der Waals surface area contributed by atoms with Crippen molar-refractivity contribution in [3.8, 4) is 5.75 Å². The largest absolute Gasteiger partial charge is 0.497 e. The minimum absolute atomic E-state index is 0.365. The summed E-state index contributed by atoms with van der Waals surface area (Å²) in [5.74, 6) is 0.327. The topological polar surface area (TPSA) is 29.5 Å². The first-order chi connectivity index (χ1) is 8.61. The molecule has 0 saturated carbocycles. The molecule has 0 fully saturated rings. The highest BCUT2D eigenvalue weighted by Gasteiger charge is 2.14. The Kier molecular flexibility index (Phi) is 3.99. The van der Waals surface area contributed by atoms with Crippen molar-refractivity contribution in [1.29, 1.82) is 0 Å². The number of rotatable bonds is 3. The van der Waals surface area contributed by atoms with Crippen molar-refractivity contribution in [3.63, 3.8) is 0 Å². The number of hydrogen-bond donors (Lipinski definition) is 1. The lowest BCUT2D eigenvalue weighted by atomic mass is 10.0. The summed E-state index contributed by atoms with van der Waals surface area (Å²) in [5.41, 5.74) is 1.18. The van der Waals surface area contributed by atoms with Gasteiger partial charge in [0.05, 0.1) is 7.11 Å². The van der Waals surface area contributed by atoms with Crippen molar-refractivity contribution < 1.29 is 14.2 Å². The van der Waals surface area contributed by atoms with Crippen LogP contribution in [0.5, 0.6) is 5.75 Å². The van der Waals surface area contributed by atoms with Gasteiger partial charge < -0.3 is 9.84 Å². The molecule has 0 aliphatic carbocycles. The number of halogens is 2. The zero-order chi connectivity index (χ0) is 13.1. The van der Waals surface area contributed by atoms with E-state index in [2.05, 4.69) is 15.9 Å². The lowest BCUT2D eigenvalue weighted by molar-refractivity contribution is 0.219. The van der Waals surface area contributed by atoms with E-state index in [0.29, 0.717) is 16.9 Å². The fraction of sp³-hybridized carbons (Fsp3) is 0.143. The molecule has 0 aliphatic heterocycles. The Morgan fingerprint density at radius 1 is 1.22 bits per heavy atom. The van der Waals surface area contributed by atoms with Crippen LogP contribution in [-0.4, -0.2) is 12.2 Å². The Balaban J connectivity index is 2.37. The second kappa shape index (κ2) is 5.50. The summed E-state index contributed by atoms with van der Waals surface area (Å²) in [5, 5.41) is 10.2. The molecule has 1 atom stereocenters. The molecule has 0 spiro atoms. The molecule has 0 saturated heterocycles. The third kappa shape index (κ3) is 2.71. The first-order valence-corrected chi connectivity index (χ1v) is 6.18. The smallest absolute Gasteiger partial charge is 0.123 e. The van der Waals surface area contributed by atoms with Crippen LogP contribution in [0.4, 0.5) is 4.39 Å². The maximum Gasteiger partial charge on any atom is 0.123 e. The number of aliphatic hydroxyl groups excluding tert-OH is 1. The van der Waals surface area contributed by atoms with Crippen LogP contribution in [0.1, 0.15) is 17.2 Å². The Hall–Kier alpha value is -1.39. The molecular formula is C14H12BrFO2. The van der Waals surface area contributed by atoms with Gasteiger partial charge in [-0.25, -0.2) is 4.39 Å². The molecule has 0 bridgehead atoms. The monoisotopic (exact) mass is 310 g/mol. The third-order valence-corrected chi connectivity index (χ3v) is 3.35. The number of benzene rings is 2. The van der Waals surface area contributed by atoms with Gasteiger partial charge in [-0.1, -0.05) is 34.1 Å². The van der Waals surface area contributed by atoms with Crippen LogP contribution in [0.3, 0.4) is 0 Å². The SMILES string of the molecule is COc1ccc(C(O)c2cccc(F)c2)c(Br)c1. The van der Waals surface area contributed by atoms with E-state index in [4.69, 9.17) is 4.74 Å². The molecule has 0 radical (unpaired) electrons. The molecule has 1 unspecified atom stereocenters. The molecule has 2 nitrogen and oxygen atoms in total. The molecule has 0 amide bonds. The van der Waals surface area contributed by atoms with Gasteiger partial charge in [0.1, 0.15) is 17.7 Å². The molecule has 4 heteroatoms. The molecule has 0 aliphatic rings. The molecule has 2 aromatic rings. The summed E-state index contributed by atoms with van der Waals surface area (Å²) in [6.45, 7) is 0. The van der Waals surface area contributed by atoms with Gasteiger partial charge in [-0.3, -0.25) is 0 Å². The Morgan fingerprint density at radius 3 is 2.61 bits per heavy atom. The van der Waals surface area contributed by atoms with Gasteiger partial charge in [0, 0.05) is 4.47 Å². The highest BCUT2D eigenvalue weighted by molar-refractivity contribution is 9.10. The number of aliphatic hydroxyl groups is 1. The van der Waals surface area contributed by atoms with Crippen LogP contribution in [-0.2, 0) is 0 Å². The third-order valence-electron chi connectivity index (χ3n) is 2.67. The maximum absolute atomic E-state index is 13.1. The summed E-state index contributed by atoms with van der Waals surface area (Å²) < 4.78 is 18.9. The van der Waals surface area contributed by atoms with Crippen LogP contribution in [0.25, 0.3) is 0 Å². The quantitative estimate of drug-likeness (QED) is 0.937. The average molecular weight is 311 g/mol. The Labute approximate surface area is 113 Å². The normalized spacial score (nSPS) is 12.2. The summed E-state index contributed by atoms with van der Waals surface area (Å²) >= 11 is 3.37. The lowest BCUT2D eigenvalue weighted by Crippen LogP contribution is -2.01. The highest BCUT2D eigenvalue weighted by Crippen LogP contribution is 2.31. The molecule has 94 valence electrons. The Bertz CT molecular complexity index is 557. The molecule has 18 heavy (non-hydrogen) atoms. The molecular weight excluding hydrogens is 299 g/mol. The van der Waals surface area contributed by atoms with Crippen LogP contribution in [0.15, 0.2) is 46.9 Å². The lowest BCUT2D eigenvalue weighted by Gasteiger charge is -2.14. The van der Waals surface area contributed by atoms with E-state index < -0.39 is 6.10 Å². The first kappa shape index (κ1) is 13.1. The summed E-state index contributed by atoms with van der Waals surface area (Å²) in [4.78, 5) is 0. The van der Waals surface area contributed by atoms with E-state index in [1.807, 2.05) is 0 Å². The van der Waals surface area contributed by atoms with Gasteiger partial charge in [0.2, 0.25) is 0 Å². The van der Waals surface area contributed by atoms with E-state index >= 15 is 0 Å². The van der Waals surface area contributed by atoms with Crippen LogP contribution >= 0.6 is 15.9 Å². The van der Waals surface area contributed by atoms with E-state index in [-0.39, 0.29) is 5.82 Å². The van der Waals surface area contributed by atoms with Crippen LogP contribution in [0, 0.1) is 5.82 Å². The van der Waals surface area contributed by atoms with Gasteiger partial charge in [-0.15, -0.1) is 0 Å². The highest BCUT2D eigenvalue weighted by atomic mass is 79.9. The molecule has 0 heterocycles. The number of ether oxygens (including phenoxy) is 1. The number of hydrogen-bond acceptors (Lipinski definition) is 2. The average Bonchev–Trinajstić information content (AvgIpc) is 2.37. The summed E-state index contributed by atoms with van der Waals surface area (Å²) in [6.07, 6.45) is -0.874. The molecule has 2 rings (SSSR count). The summed E-state index contributed by atoms with van der Waals surface area (Å²) in [6, 6.07) is 11.2. The van der Waals surface area contributed by atoms with Crippen molar-refractivity contribution in [1.82, 2.24) is 0 Å². The maximum atomic E-state index is 13.1. The van der Waals surface area contributed by atoms with Crippen molar-refractivity contribution in [3.05, 3.63) is 63.9 Å². The van der Waals surface area contributed by atoms with Gasteiger partial charge in [-0.2, -0.15) is 0 Å². The van der Waals surface area contributed by atoms with Crippen molar-refractivity contribution >= 4 is 15.9 Å². The summed E-state index contributed by atoms with van der Waals surface area (Å²) in [7, 11) is 1.57. The zero-order valence-electron chi connectivity index (χ0n) is 9.73. The fourth-order valence-electron chi connectivity index (χ4n) is 1.71. The molecule has 1 N–H and O–H groups in total. The van der Waals surface area contributed by atoms with Gasteiger partial charge in [0.15, 0.2) is 0 Å². The van der Waals surface area contributed by atoms with E-state index in [1.165, 1.54) is 12.1 Å². The van der Waals surface area contributed by atoms with E-state index in [0.717, 1.165) is 4.47 Å². The predicted octanol–water partition coefficient (Wildman–Crippen LogP) is 3.68. The van der Waals surface area contributed by atoms with Gasteiger partial charge >= 0.3 is 0 Å². The van der Waals surface area contributed by atoms with E-state index in [9.17, 15) is 9.50 Å². The minimum Gasteiger partial charge on any atom is -0.497 e. The first-order valence-electron chi connectivity index (χ1n) is 5.39. The molecule has 2 aromatic carbocycles. The van der Waals surface area contributed by atoms with Crippen LogP contribution in [0.2, 0.25) is 0 Å². The van der Waals surface area contributed by atoms with Crippen molar-refractivity contribution in [2.24, 2.45) is 0 Å². The van der Waals surface area contributed by atoms with E-state index in [1.54, 1.807) is 37.4 Å². The fourth-order valence-corrected chi connectivity index (χ4v) is 2.29. The molecule has 0 aromatic heterocycles. The second-order valence-electron chi connectivity index (χ2n) is 3.84. The van der Waals surface area contributed by atoms with Crippen LogP contribution < -0.4 is 4.74 Å². The Morgan fingerprint density at radius 2 is 2.00 bits per heavy atom.